The molecular formula is C16H28N2S. The third-order valence-electron chi connectivity index (χ3n) is 4.15. The second kappa shape index (κ2) is 6.87. The lowest BCUT2D eigenvalue weighted by molar-refractivity contribution is 0.194. The predicted molar refractivity (Wildman–Crippen MR) is 85.1 cm³/mol. The van der Waals surface area contributed by atoms with Crippen LogP contribution in [0.5, 0.6) is 0 Å². The fourth-order valence-electron chi connectivity index (χ4n) is 2.83. The molecule has 1 aromatic rings. The molecule has 0 radical (unpaired) electrons. The molecule has 1 saturated heterocycles. The summed E-state index contributed by atoms with van der Waals surface area (Å²) in [5.74, 6) is 0. The first-order valence-electron chi connectivity index (χ1n) is 7.61. The van der Waals surface area contributed by atoms with Gasteiger partial charge in [0, 0.05) is 22.9 Å². The van der Waals surface area contributed by atoms with Crippen molar-refractivity contribution in [3.63, 3.8) is 0 Å². The summed E-state index contributed by atoms with van der Waals surface area (Å²) in [7, 11) is 0. The van der Waals surface area contributed by atoms with Gasteiger partial charge in [0.15, 0.2) is 0 Å². The standard InChI is InChI=1S/C16H28N2S/c1-4-9-18-10-7-14(8-11-18)17-13-16(2,3)15-6-5-12-19-15/h5-6,12,14,17H,4,7-11,13H2,1-3H3. The third kappa shape index (κ3) is 4.30. The SMILES string of the molecule is CCCN1CCC(NCC(C)(C)c2cccs2)CC1. The summed E-state index contributed by atoms with van der Waals surface area (Å²) in [6, 6.07) is 5.13. The molecule has 1 N–H and O–H groups in total. The minimum absolute atomic E-state index is 0.259. The van der Waals surface area contributed by atoms with Gasteiger partial charge in [0.05, 0.1) is 0 Å². The Labute approximate surface area is 122 Å². The molecule has 0 spiro atoms. The van der Waals surface area contributed by atoms with Crippen LogP contribution >= 0.6 is 11.3 Å². The summed E-state index contributed by atoms with van der Waals surface area (Å²) >= 11 is 1.88. The molecule has 2 rings (SSSR count). The topological polar surface area (TPSA) is 15.3 Å². The van der Waals surface area contributed by atoms with E-state index >= 15 is 0 Å². The van der Waals surface area contributed by atoms with Crippen LogP contribution in [0.15, 0.2) is 17.5 Å². The van der Waals surface area contributed by atoms with Gasteiger partial charge in [-0.15, -0.1) is 11.3 Å². The van der Waals surface area contributed by atoms with Gasteiger partial charge in [-0.25, -0.2) is 0 Å². The quantitative estimate of drug-likeness (QED) is 0.858. The fraction of sp³-hybridized carbons (Fsp3) is 0.750. The first-order valence-corrected chi connectivity index (χ1v) is 8.49. The number of hydrogen-bond acceptors (Lipinski definition) is 3. The van der Waals surface area contributed by atoms with E-state index in [0.717, 1.165) is 6.54 Å². The van der Waals surface area contributed by atoms with E-state index in [1.807, 2.05) is 11.3 Å². The van der Waals surface area contributed by atoms with E-state index in [-0.39, 0.29) is 5.41 Å². The maximum atomic E-state index is 3.79. The van der Waals surface area contributed by atoms with Crippen molar-refractivity contribution in [2.75, 3.05) is 26.2 Å². The Morgan fingerprint density at radius 2 is 2.11 bits per heavy atom. The van der Waals surface area contributed by atoms with Crippen LogP contribution in [0.2, 0.25) is 0 Å². The molecule has 0 amide bonds. The number of thiophene rings is 1. The highest BCUT2D eigenvalue weighted by molar-refractivity contribution is 7.10. The van der Waals surface area contributed by atoms with Crippen molar-refractivity contribution in [2.24, 2.45) is 0 Å². The maximum Gasteiger partial charge on any atom is 0.0115 e. The zero-order chi connectivity index (χ0) is 13.7. The molecule has 2 nitrogen and oxygen atoms in total. The van der Waals surface area contributed by atoms with Gasteiger partial charge in [0.2, 0.25) is 0 Å². The van der Waals surface area contributed by atoms with E-state index in [2.05, 4.69) is 48.5 Å². The van der Waals surface area contributed by atoms with E-state index in [1.54, 1.807) is 0 Å². The van der Waals surface area contributed by atoms with E-state index < -0.39 is 0 Å². The average molecular weight is 280 g/mol. The van der Waals surface area contributed by atoms with Crippen LogP contribution in [0.3, 0.4) is 0 Å². The lowest BCUT2D eigenvalue weighted by Gasteiger charge is -2.34. The van der Waals surface area contributed by atoms with Gasteiger partial charge in [0.1, 0.15) is 0 Å². The lowest BCUT2D eigenvalue weighted by Crippen LogP contribution is -2.46. The number of likely N-dealkylation sites (tertiary alicyclic amines) is 1. The number of piperidine rings is 1. The molecule has 2 heterocycles. The Hall–Kier alpha value is -0.380. The van der Waals surface area contributed by atoms with E-state index in [0.29, 0.717) is 6.04 Å². The monoisotopic (exact) mass is 280 g/mol. The maximum absolute atomic E-state index is 3.79. The Balaban J connectivity index is 1.75. The number of nitrogens with zero attached hydrogens (tertiary/aromatic N) is 1. The van der Waals surface area contributed by atoms with Gasteiger partial charge < -0.3 is 10.2 Å². The molecule has 0 aromatic carbocycles. The first kappa shape index (κ1) is 15.0. The summed E-state index contributed by atoms with van der Waals surface area (Å²) in [5, 5.41) is 5.97. The molecule has 0 unspecified atom stereocenters. The van der Waals surface area contributed by atoms with Gasteiger partial charge in [-0.1, -0.05) is 26.8 Å². The summed E-state index contributed by atoms with van der Waals surface area (Å²) < 4.78 is 0. The van der Waals surface area contributed by atoms with Crippen molar-refractivity contribution in [3.8, 4) is 0 Å². The van der Waals surface area contributed by atoms with Crippen molar-refractivity contribution in [3.05, 3.63) is 22.4 Å². The number of hydrogen-bond donors (Lipinski definition) is 1. The third-order valence-corrected chi connectivity index (χ3v) is 5.38. The Morgan fingerprint density at radius 3 is 2.68 bits per heavy atom. The van der Waals surface area contributed by atoms with Gasteiger partial charge >= 0.3 is 0 Å². The van der Waals surface area contributed by atoms with E-state index in [4.69, 9.17) is 0 Å². The average Bonchev–Trinajstić information content (AvgIpc) is 2.93. The van der Waals surface area contributed by atoms with Crippen LogP contribution in [0.25, 0.3) is 0 Å². The number of nitrogens with one attached hydrogen (secondary N) is 1. The van der Waals surface area contributed by atoms with Gasteiger partial charge in [-0.3, -0.25) is 0 Å². The Bertz CT molecular complexity index is 351. The molecule has 1 aliphatic heterocycles. The minimum atomic E-state index is 0.259. The normalized spacial score (nSPS) is 18.9. The van der Waals surface area contributed by atoms with Crippen molar-refractivity contribution < 1.29 is 0 Å². The molecule has 0 aliphatic carbocycles. The second-order valence-corrected chi connectivity index (χ2v) is 7.31. The summed E-state index contributed by atoms with van der Waals surface area (Å²) in [6.07, 6.45) is 3.89. The van der Waals surface area contributed by atoms with Crippen molar-refractivity contribution in [2.45, 2.75) is 51.5 Å². The molecule has 1 aliphatic rings. The van der Waals surface area contributed by atoms with Crippen LogP contribution in [-0.4, -0.2) is 37.1 Å². The number of rotatable bonds is 6. The lowest BCUT2D eigenvalue weighted by atomic mass is 9.90. The molecule has 19 heavy (non-hydrogen) atoms. The highest BCUT2D eigenvalue weighted by Gasteiger charge is 2.24. The predicted octanol–water partition coefficient (Wildman–Crippen LogP) is 3.49. The highest BCUT2D eigenvalue weighted by atomic mass is 32.1. The molecule has 1 aromatic heterocycles. The highest BCUT2D eigenvalue weighted by Crippen LogP contribution is 2.27. The van der Waals surface area contributed by atoms with Crippen LogP contribution in [-0.2, 0) is 5.41 Å². The second-order valence-electron chi connectivity index (χ2n) is 6.36. The zero-order valence-electron chi connectivity index (χ0n) is 12.6. The first-order chi connectivity index (χ1) is 9.12. The smallest absolute Gasteiger partial charge is 0.0115 e. The van der Waals surface area contributed by atoms with E-state index in [1.165, 1.54) is 43.8 Å². The zero-order valence-corrected chi connectivity index (χ0v) is 13.4. The molecule has 1 fully saturated rings. The van der Waals surface area contributed by atoms with Crippen LogP contribution in [0.1, 0.15) is 44.9 Å². The van der Waals surface area contributed by atoms with Crippen molar-refractivity contribution in [1.29, 1.82) is 0 Å². The Kier molecular flexibility index (Phi) is 5.43. The van der Waals surface area contributed by atoms with Gasteiger partial charge in [-0.2, -0.15) is 0 Å². The summed E-state index contributed by atoms with van der Waals surface area (Å²) in [6.45, 7) is 11.9. The largest absolute Gasteiger partial charge is 0.313 e. The molecule has 3 heteroatoms. The Morgan fingerprint density at radius 1 is 1.37 bits per heavy atom. The van der Waals surface area contributed by atoms with Gasteiger partial charge in [0.25, 0.3) is 0 Å². The molecular weight excluding hydrogens is 252 g/mol. The summed E-state index contributed by atoms with van der Waals surface area (Å²) in [4.78, 5) is 4.09. The van der Waals surface area contributed by atoms with Crippen molar-refractivity contribution in [1.82, 2.24) is 10.2 Å². The van der Waals surface area contributed by atoms with Crippen LogP contribution in [0, 0.1) is 0 Å². The van der Waals surface area contributed by atoms with Gasteiger partial charge in [-0.05, 0) is 50.3 Å². The van der Waals surface area contributed by atoms with Crippen molar-refractivity contribution >= 4 is 11.3 Å². The molecule has 108 valence electrons. The molecule has 0 atom stereocenters. The molecule has 0 saturated carbocycles. The fourth-order valence-corrected chi connectivity index (χ4v) is 3.68. The summed E-state index contributed by atoms with van der Waals surface area (Å²) in [5.41, 5.74) is 0.259. The molecule has 0 bridgehead atoms. The minimum Gasteiger partial charge on any atom is -0.313 e. The van der Waals surface area contributed by atoms with Crippen LogP contribution in [0.4, 0.5) is 0 Å². The van der Waals surface area contributed by atoms with Crippen LogP contribution < -0.4 is 5.32 Å². The van der Waals surface area contributed by atoms with E-state index in [9.17, 15) is 0 Å².